The van der Waals surface area contributed by atoms with E-state index < -0.39 is 0 Å². The minimum absolute atomic E-state index is 0.649. The lowest BCUT2D eigenvalue weighted by atomic mass is 9.96. The molecule has 1 aromatic carbocycles. The summed E-state index contributed by atoms with van der Waals surface area (Å²) in [5.41, 5.74) is 4.43. The van der Waals surface area contributed by atoms with Gasteiger partial charge in [0.2, 0.25) is 0 Å². The van der Waals surface area contributed by atoms with Crippen molar-refractivity contribution in [1.29, 1.82) is 0 Å². The fourth-order valence-corrected chi connectivity index (χ4v) is 2.09. The van der Waals surface area contributed by atoms with Gasteiger partial charge in [0.25, 0.3) is 0 Å². The molecule has 0 spiro atoms. The van der Waals surface area contributed by atoms with E-state index in [1.165, 1.54) is 55.2 Å². The van der Waals surface area contributed by atoms with E-state index in [2.05, 4.69) is 59.7 Å². The molecule has 0 fully saturated rings. The molecule has 0 aliphatic heterocycles. The monoisotopic (exact) mass is 262 g/mol. The highest BCUT2D eigenvalue weighted by molar-refractivity contribution is 5.32. The van der Waals surface area contributed by atoms with Crippen LogP contribution < -0.4 is 0 Å². The Morgan fingerprint density at radius 1 is 0.895 bits per heavy atom. The molecule has 0 unspecified atom stereocenters. The molecule has 0 atom stereocenters. The molecule has 1 aromatic rings. The summed E-state index contributed by atoms with van der Waals surface area (Å²) in [6, 6.07) is 6.86. The zero-order valence-electron chi connectivity index (χ0n) is 14.1. The number of aryl methyl sites for hydroxylation is 2. The summed E-state index contributed by atoms with van der Waals surface area (Å²) in [6.45, 7) is 13.4. The number of benzene rings is 1. The lowest BCUT2D eigenvalue weighted by Crippen LogP contribution is -1.93. The first-order valence-corrected chi connectivity index (χ1v) is 8.16. The van der Waals surface area contributed by atoms with Crippen molar-refractivity contribution in [3.8, 4) is 0 Å². The van der Waals surface area contributed by atoms with Gasteiger partial charge in [-0.05, 0) is 36.0 Å². The molecular weight excluding hydrogens is 228 g/mol. The lowest BCUT2D eigenvalue weighted by molar-refractivity contribution is 0.702. The number of hydrogen-bond acceptors (Lipinski definition) is 0. The van der Waals surface area contributed by atoms with Crippen LogP contribution in [0.1, 0.15) is 89.3 Å². The molecule has 0 amide bonds. The Labute approximate surface area is 121 Å². The van der Waals surface area contributed by atoms with E-state index in [0.29, 0.717) is 5.92 Å². The van der Waals surface area contributed by atoms with Gasteiger partial charge in [0.05, 0.1) is 0 Å². The summed E-state index contributed by atoms with van der Waals surface area (Å²) in [4.78, 5) is 0. The number of rotatable bonds is 6. The first-order chi connectivity index (χ1) is 9.06. The third kappa shape index (κ3) is 8.08. The third-order valence-corrected chi connectivity index (χ3v) is 3.52. The molecule has 1 rings (SSSR count). The molecule has 0 bridgehead atoms. The van der Waals surface area contributed by atoms with E-state index in [1.807, 2.05) is 0 Å². The zero-order chi connectivity index (χ0) is 14.7. The Morgan fingerprint density at radius 2 is 1.47 bits per heavy atom. The standard InChI is InChI=1S/C13H20.C6H14/c1-5-6-13-9-12(10(2)3)8-7-11(13)4;1-3-5-6-4-2/h7-10H,5-6H2,1-4H3;3-6H2,1-2H3. The van der Waals surface area contributed by atoms with Crippen molar-refractivity contribution in [3.63, 3.8) is 0 Å². The van der Waals surface area contributed by atoms with Gasteiger partial charge in [-0.3, -0.25) is 0 Å². The highest BCUT2D eigenvalue weighted by atomic mass is 14.1. The van der Waals surface area contributed by atoms with E-state index in [9.17, 15) is 0 Å². The second kappa shape index (κ2) is 11.1. The Morgan fingerprint density at radius 3 is 1.89 bits per heavy atom. The van der Waals surface area contributed by atoms with Crippen molar-refractivity contribution in [3.05, 3.63) is 34.9 Å². The van der Waals surface area contributed by atoms with Crippen LogP contribution in [0.5, 0.6) is 0 Å². The Kier molecular flexibility index (Phi) is 10.6. The average molecular weight is 262 g/mol. The van der Waals surface area contributed by atoms with Crippen LogP contribution in [0.4, 0.5) is 0 Å². The normalized spacial score (nSPS) is 10.3. The topological polar surface area (TPSA) is 0 Å². The lowest BCUT2D eigenvalue weighted by Gasteiger charge is -2.10. The van der Waals surface area contributed by atoms with Crippen molar-refractivity contribution in [2.24, 2.45) is 0 Å². The van der Waals surface area contributed by atoms with Gasteiger partial charge in [-0.2, -0.15) is 0 Å². The van der Waals surface area contributed by atoms with Crippen LogP contribution in [0.15, 0.2) is 18.2 Å². The summed E-state index contributed by atoms with van der Waals surface area (Å²) < 4.78 is 0. The molecule has 0 aliphatic rings. The van der Waals surface area contributed by atoms with Gasteiger partial charge in [-0.15, -0.1) is 0 Å². The minimum atomic E-state index is 0.649. The highest BCUT2D eigenvalue weighted by Crippen LogP contribution is 2.19. The van der Waals surface area contributed by atoms with Crippen molar-refractivity contribution < 1.29 is 0 Å². The minimum Gasteiger partial charge on any atom is -0.0654 e. The first kappa shape index (κ1) is 18.2. The molecule has 110 valence electrons. The summed E-state index contributed by atoms with van der Waals surface area (Å²) in [6.07, 6.45) is 7.99. The van der Waals surface area contributed by atoms with Crippen LogP contribution in [-0.4, -0.2) is 0 Å². The highest BCUT2D eigenvalue weighted by Gasteiger charge is 2.02. The molecule has 0 saturated heterocycles. The van der Waals surface area contributed by atoms with Crippen LogP contribution >= 0.6 is 0 Å². The number of hydrogen-bond donors (Lipinski definition) is 0. The van der Waals surface area contributed by atoms with Crippen molar-refractivity contribution >= 4 is 0 Å². The summed E-state index contributed by atoms with van der Waals surface area (Å²) >= 11 is 0. The fraction of sp³-hybridized carbons (Fsp3) is 0.684. The molecule has 0 radical (unpaired) electrons. The summed E-state index contributed by atoms with van der Waals surface area (Å²) in [5.74, 6) is 0.649. The maximum atomic E-state index is 2.36. The molecule has 19 heavy (non-hydrogen) atoms. The van der Waals surface area contributed by atoms with E-state index >= 15 is 0 Å². The maximum absolute atomic E-state index is 2.36. The van der Waals surface area contributed by atoms with E-state index in [1.54, 1.807) is 0 Å². The van der Waals surface area contributed by atoms with Gasteiger partial charge in [-0.25, -0.2) is 0 Å². The zero-order valence-corrected chi connectivity index (χ0v) is 14.1. The second-order valence-electron chi connectivity index (χ2n) is 5.80. The molecular formula is C19H34. The van der Waals surface area contributed by atoms with Crippen LogP contribution in [0, 0.1) is 6.92 Å². The van der Waals surface area contributed by atoms with Crippen molar-refractivity contribution in [1.82, 2.24) is 0 Å². The predicted octanol–water partition coefficient (Wildman–Crippen LogP) is 6.66. The quantitative estimate of drug-likeness (QED) is 0.503. The first-order valence-electron chi connectivity index (χ1n) is 8.16. The van der Waals surface area contributed by atoms with E-state index in [4.69, 9.17) is 0 Å². The van der Waals surface area contributed by atoms with Gasteiger partial charge in [0.1, 0.15) is 0 Å². The van der Waals surface area contributed by atoms with Gasteiger partial charge < -0.3 is 0 Å². The summed E-state index contributed by atoms with van der Waals surface area (Å²) in [5, 5.41) is 0. The molecule has 0 heterocycles. The van der Waals surface area contributed by atoms with Gasteiger partial charge in [0.15, 0.2) is 0 Å². The molecule has 0 saturated carbocycles. The molecule has 0 nitrogen and oxygen atoms in total. The van der Waals surface area contributed by atoms with Crippen LogP contribution in [-0.2, 0) is 6.42 Å². The Bertz CT molecular complexity index is 319. The largest absolute Gasteiger partial charge is 0.0654 e. The smallest absolute Gasteiger partial charge is 0.0219 e. The maximum Gasteiger partial charge on any atom is -0.0219 e. The van der Waals surface area contributed by atoms with Crippen LogP contribution in [0.25, 0.3) is 0 Å². The van der Waals surface area contributed by atoms with E-state index in [-0.39, 0.29) is 0 Å². The average Bonchev–Trinajstić information content (AvgIpc) is 2.39. The Balaban J connectivity index is 0.000000459. The van der Waals surface area contributed by atoms with Gasteiger partial charge >= 0.3 is 0 Å². The third-order valence-electron chi connectivity index (χ3n) is 3.52. The summed E-state index contributed by atoms with van der Waals surface area (Å²) in [7, 11) is 0. The van der Waals surface area contributed by atoms with Crippen molar-refractivity contribution in [2.45, 2.75) is 86.0 Å². The number of unbranched alkanes of at least 4 members (excludes halogenated alkanes) is 3. The van der Waals surface area contributed by atoms with Crippen LogP contribution in [0.3, 0.4) is 0 Å². The second-order valence-corrected chi connectivity index (χ2v) is 5.80. The fourth-order valence-electron chi connectivity index (χ4n) is 2.09. The van der Waals surface area contributed by atoms with Gasteiger partial charge in [0, 0.05) is 0 Å². The van der Waals surface area contributed by atoms with Crippen LogP contribution in [0.2, 0.25) is 0 Å². The SMILES string of the molecule is CCCCCC.CCCc1cc(C(C)C)ccc1C. The Hall–Kier alpha value is -0.780. The predicted molar refractivity (Wildman–Crippen MR) is 89.1 cm³/mol. The van der Waals surface area contributed by atoms with Gasteiger partial charge in [-0.1, -0.05) is 84.9 Å². The van der Waals surface area contributed by atoms with Crippen molar-refractivity contribution in [2.75, 3.05) is 0 Å². The molecule has 0 aromatic heterocycles. The molecule has 0 aliphatic carbocycles. The molecule has 0 N–H and O–H groups in total. The molecule has 0 heteroatoms. The van der Waals surface area contributed by atoms with E-state index in [0.717, 1.165) is 0 Å².